The second-order valence-electron chi connectivity index (χ2n) is 17.4. The topological polar surface area (TPSA) is 38.7 Å². The van der Waals surface area contributed by atoms with Crippen molar-refractivity contribution in [1.82, 2.24) is 0 Å². The number of hydrogen-bond donors (Lipinski definition) is 1. The zero-order valence-electron chi connectivity index (χ0n) is 27.8. The molecule has 5 heteroatoms. The lowest BCUT2D eigenvalue weighted by molar-refractivity contribution is -0.0776. The van der Waals surface area contributed by atoms with Crippen LogP contribution in [0.2, 0.25) is 36.3 Å². The molecule has 8 atom stereocenters. The molecule has 3 nitrogen and oxygen atoms in total. The first-order valence-corrected chi connectivity index (χ1v) is 21.9. The van der Waals surface area contributed by atoms with Gasteiger partial charge in [-0.25, -0.2) is 0 Å². The summed E-state index contributed by atoms with van der Waals surface area (Å²) in [4.78, 5) is 0. The van der Waals surface area contributed by atoms with Gasteiger partial charge in [0.1, 0.15) is 0 Å². The average molecular weight is 575 g/mol. The van der Waals surface area contributed by atoms with E-state index in [1.807, 2.05) is 6.92 Å². The summed E-state index contributed by atoms with van der Waals surface area (Å²) >= 11 is 0. The van der Waals surface area contributed by atoms with Gasteiger partial charge in [0, 0.05) is 5.41 Å². The molecular formula is C34H62O3Si2. The van der Waals surface area contributed by atoms with Gasteiger partial charge in [-0.05, 0) is 105 Å². The van der Waals surface area contributed by atoms with Crippen LogP contribution in [0.4, 0.5) is 0 Å². The van der Waals surface area contributed by atoms with Crippen molar-refractivity contribution in [3.05, 3.63) is 23.3 Å². The molecule has 0 bridgehead atoms. The van der Waals surface area contributed by atoms with Gasteiger partial charge < -0.3 is 14.0 Å². The standard InChI is InChI=1S/C34H62O3Si2/c1-23(35)27-15-14-16-28-26-18-17-24-21-25(36-38(10,11)31(2,3)4)22-30(37-39(12,13)32(5,6)7)34(24,9)29(26)19-20-33(27,28)8/h17-18,23,25,27-30,35H,14-16,19-22H2,1-13H3/t23-,25+,27+,28?,29?,30-,33+,34-/m0/s1. The van der Waals surface area contributed by atoms with Gasteiger partial charge in [-0.2, -0.15) is 0 Å². The lowest BCUT2D eigenvalue weighted by Crippen LogP contribution is -2.59. The molecule has 0 saturated heterocycles. The molecule has 4 aliphatic carbocycles. The predicted molar refractivity (Wildman–Crippen MR) is 171 cm³/mol. The van der Waals surface area contributed by atoms with E-state index in [9.17, 15) is 5.11 Å². The van der Waals surface area contributed by atoms with Gasteiger partial charge in [0.05, 0.1) is 18.3 Å². The Hall–Kier alpha value is -0.206. The first-order valence-electron chi connectivity index (χ1n) is 16.1. The summed E-state index contributed by atoms with van der Waals surface area (Å²) in [5.74, 6) is 1.52. The molecule has 39 heavy (non-hydrogen) atoms. The third kappa shape index (κ3) is 5.39. The van der Waals surface area contributed by atoms with Gasteiger partial charge in [-0.1, -0.05) is 85.1 Å². The van der Waals surface area contributed by atoms with E-state index in [4.69, 9.17) is 8.85 Å². The highest BCUT2D eigenvalue weighted by Gasteiger charge is 2.59. The second-order valence-corrected chi connectivity index (χ2v) is 26.9. The fourth-order valence-corrected chi connectivity index (χ4v) is 11.2. The van der Waals surface area contributed by atoms with E-state index in [2.05, 4.69) is 93.7 Å². The molecule has 0 aromatic rings. The predicted octanol–water partition coefficient (Wildman–Crippen LogP) is 9.65. The van der Waals surface area contributed by atoms with Gasteiger partial charge >= 0.3 is 0 Å². The van der Waals surface area contributed by atoms with E-state index in [1.54, 1.807) is 11.1 Å². The molecule has 3 saturated carbocycles. The Bertz CT molecular complexity index is 981. The van der Waals surface area contributed by atoms with Crippen molar-refractivity contribution >= 4 is 16.6 Å². The molecule has 1 N–H and O–H groups in total. The van der Waals surface area contributed by atoms with Crippen LogP contribution in [0, 0.1) is 28.6 Å². The summed E-state index contributed by atoms with van der Waals surface area (Å²) in [7, 11) is -3.89. The lowest BCUT2D eigenvalue weighted by atomic mass is 9.45. The fourth-order valence-electron chi connectivity index (χ4n) is 8.42. The fraction of sp³-hybridized carbons (Fsp3) is 0.882. The molecule has 0 radical (unpaired) electrons. The maximum Gasteiger partial charge on any atom is 0.192 e. The minimum Gasteiger partial charge on any atom is -0.414 e. The van der Waals surface area contributed by atoms with Crippen LogP contribution in [-0.4, -0.2) is 40.1 Å². The van der Waals surface area contributed by atoms with Gasteiger partial charge in [0.15, 0.2) is 16.6 Å². The third-order valence-corrected chi connectivity index (χ3v) is 22.0. The first kappa shape index (κ1) is 31.7. The summed E-state index contributed by atoms with van der Waals surface area (Å²) in [6.07, 6.45) is 13.4. The zero-order valence-corrected chi connectivity index (χ0v) is 29.8. The van der Waals surface area contributed by atoms with Gasteiger partial charge in [0.2, 0.25) is 0 Å². The molecule has 3 fully saturated rings. The van der Waals surface area contributed by atoms with Crippen molar-refractivity contribution in [2.24, 2.45) is 28.6 Å². The molecule has 0 heterocycles. The van der Waals surface area contributed by atoms with Crippen molar-refractivity contribution in [2.75, 3.05) is 0 Å². The van der Waals surface area contributed by atoms with Crippen molar-refractivity contribution in [1.29, 1.82) is 0 Å². The Labute approximate surface area is 243 Å². The summed E-state index contributed by atoms with van der Waals surface area (Å²) in [5.41, 5.74) is 3.47. The van der Waals surface area contributed by atoms with Crippen LogP contribution in [0.15, 0.2) is 23.3 Å². The van der Waals surface area contributed by atoms with E-state index in [-0.39, 0.29) is 39.2 Å². The molecule has 4 rings (SSSR count). The number of fused-ring (bicyclic) bond motifs is 5. The van der Waals surface area contributed by atoms with Crippen molar-refractivity contribution in [2.45, 2.75) is 162 Å². The minimum absolute atomic E-state index is 0.0198. The maximum atomic E-state index is 10.8. The largest absolute Gasteiger partial charge is 0.414 e. The van der Waals surface area contributed by atoms with E-state index in [1.165, 1.54) is 32.1 Å². The minimum atomic E-state index is -2.00. The third-order valence-electron chi connectivity index (χ3n) is 13.0. The average Bonchev–Trinajstić information content (AvgIpc) is 2.76. The van der Waals surface area contributed by atoms with E-state index in [0.29, 0.717) is 17.8 Å². The van der Waals surface area contributed by atoms with E-state index in [0.717, 1.165) is 12.8 Å². The number of hydrogen-bond acceptors (Lipinski definition) is 3. The molecular weight excluding hydrogens is 513 g/mol. The molecule has 0 aliphatic heterocycles. The molecule has 0 amide bonds. The number of allylic oxidation sites excluding steroid dienone is 3. The Morgan fingerprint density at radius 1 is 0.872 bits per heavy atom. The molecule has 224 valence electrons. The Morgan fingerprint density at radius 3 is 2.03 bits per heavy atom. The van der Waals surface area contributed by atoms with Gasteiger partial charge in [-0.3, -0.25) is 0 Å². The number of aliphatic hydroxyl groups excluding tert-OH is 1. The smallest absolute Gasteiger partial charge is 0.192 e. The van der Waals surface area contributed by atoms with Crippen LogP contribution in [0.1, 0.15) is 107 Å². The van der Waals surface area contributed by atoms with Gasteiger partial charge in [0.25, 0.3) is 0 Å². The van der Waals surface area contributed by atoms with Gasteiger partial charge in [-0.15, -0.1) is 0 Å². The summed E-state index contributed by atoms with van der Waals surface area (Å²) in [6.45, 7) is 31.0. The zero-order chi connectivity index (χ0) is 29.4. The Kier molecular flexibility index (Phi) is 8.30. The van der Waals surface area contributed by atoms with E-state index >= 15 is 0 Å². The number of rotatable bonds is 5. The monoisotopic (exact) mass is 574 g/mol. The van der Waals surface area contributed by atoms with Crippen LogP contribution in [0.3, 0.4) is 0 Å². The van der Waals surface area contributed by atoms with Crippen LogP contribution in [0.5, 0.6) is 0 Å². The highest BCUT2D eigenvalue weighted by molar-refractivity contribution is 6.74. The molecule has 0 aromatic heterocycles. The summed E-state index contributed by atoms with van der Waals surface area (Å²) in [6, 6.07) is 0. The normalized spacial score (nSPS) is 38.7. The van der Waals surface area contributed by atoms with Crippen molar-refractivity contribution in [3.63, 3.8) is 0 Å². The van der Waals surface area contributed by atoms with Crippen LogP contribution in [-0.2, 0) is 8.85 Å². The van der Waals surface area contributed by atoms with Crippen molar-refractivity contribution < 1.29 is 14.0 Å². The Balaban J connectivity index is 1.75. The highest BCUT2D eigenvalue weighted by Crippen LogP contribution is 2.65. The SMILES string of the molecule is C[C@H](O)[C@H]1CCCC2C3=CC=C4C[C@@H](O[Si](C)(C)C(C)(C)C)C[C@H](O[Si](C)(C)C(C)(C)C)[C@]4(C)C3CC[C@@]21C. The lowest BCUT2D eigenvalue weighted by Gasteiger charge is -2.62. The highest BCUT2D eigenvalue weighted by atomic mass is 28.4. The van der Waals surface area contributed by atoms with Crippen LogP contribution in [0.25, 0.3) is 0 Å². The second kappa shape index (κ2) is 10.2. The van der Waals surface area contributed by atoms with Crippen LogP contribution < -0.4 is 0 Å². The molecule has 2 unspecified atom stereocenters. The van der Waals surface area contributed by atoms with Crippen molar-refractivity contribution in [3.8, 4) is 0 Å². The van der Waals surface area contributed by atoms with E-state index < -0.39 is 16.6 Å². The number of aliphatic hydroxyl groups is 1. The molecule has 0 spiro atoms. The maximum absolute atomic E-state index is 10.8. The Morgan fingerprint density at radius 2 is 1.46 bits per heavy atom. The summed E-state index contributed by atoms with van der Waals surface area (Å²) in [5, 5.41) is 11.2. The quantitative estimate of drug-likeness (QED) is 0.332. The molecule has 4 aliphatic rings. The van der Waals surface area contributed by atoms with Crippen LogP contribution >= 0.6 is 0 Å². The first-order chi connectivity index (χ1) is 17.6. The molecule has 0 aromatic carbocycles. The summed E-state index contributed by atoms with van der Waals surface area (Å²) < 4.78 is 14.6.